The number of nitrogens with two attached hydrogens (primary N) is 1. The highest BCUT2D eigenvalue weighted by atomic mass is 19.4. The van der Waals surface area contributed by atoms with Gasteiger partial charge in [0.15, 0.2) is 0 Å². The van der Waals surface area contributed by atoms with E-state index in [1.54, 1.807) is 0 Å². The number of carbonyl (C=O) groups excluding carboxylic acids is 5. The van der Waals surface area contributed by atoms with Crippen molar-refractivity contribution in [2.45, 2.75) is 56.9 Å². The molecule has 0 saturated carbocycles. The van der Waals surface area contributed by atoms with Gasteiger partial charge in [-0.2, -0.15) is 52.7 Å². The van der Waals surface area contributed by atoms with E-state index in [0.29, 0.717) is 6.42 Å². The van der Waals surface area contributed by atoms with Crippen LogP contribution in [0.25, 0.3) is 0 Å². The van der Waals surface area contributed by atoms with Crippen LogP contribution in [-0.4, -0.2) is 46.0 Å². The average molecular weight is 697 g/mol. The zero-order chi connectivity index (χ0) is 36.9. The van der Waals surface area contributed by atoms with E-state index in [1.807, 2.05) is 6.92 Å². The Morgan fingerprint density at radius 3 is 1.09 bits per heavy atom. The molecule has 2 aromatic carbocycles. The molecule has 0 heterocycles. The molecular weight excluding hydrogens is 678 g/mol. The normalized spacial score (nSPS) is 12.8. The lowest BCUT2D eigenvalue weighted by molar-refractivity contribution is -0.145. The third-order valence-corrected chi connectivity index (χ3v) is 5.82. The van der Waals surface area contributed by atoms with E-state index < -0.39 is 99.0 Å². The van der Waals surface area contributed by atoms with Gasteiger partial charge in [0.1, 0.15) is 6.04 Å². The molecule has 8 nitrogen and oxygen atoms in total. The Bertz CT molecular complexity index is 1390. The van der Waals surface area contributed by atoms with E-state index in [-0.39, 0.29) is 36.4 Å². The van der Waals surface area contributed by atoms with Crippen LogP contribution in [0.2, 0.25) is 0 Å². The van der Waals surface area contributed by atoms with Crippen LogP contribution >= 0.6 is 0 Å². The van der Waals surface area contributed by atoms with Crippen LogP contribution < -0.4 is 5.73 Å². The van der Waals surface area contributed by atoms with Gasteiger partial charge >= 0.3 is 30.7 Å². The molecule has 1 atom stereocenters. The average Bonchev–Trinajstić information content (AvgIpc) is 2.95. The van der Waals surface area contributed by atoms with Crippen molar-refractivity contribution in [1.29, 1.82) is 0 Å². The van der Waals surface area contributed by atoms with Crippen molar-refractivity contribution >= 4 is 34.9 Å². The highest BCUT2D eigenvalue weighted by Crippen LogP contribution is 2.41. The van der Waals surface area contributed by atoms with Crippen molar-refractivity contribution in [2.24, 2.45) is 5.73 Å². The Hall–Kier alpha value is -4.62. The maximum absolute atomic E-state index is 13.2. The third-order valence-electron chi connectivity index (χ3n) is 5.82. The maximum atomic E-state index is 13.2. The summed E-state index contributed by atoms with van der Waals surface area (Å²) in [6, 6.07) is -0.827. The van der Waals surface area contributed by atoms with Crippen molar-refractivity contribution in [3.8, 4) is 0 Å². The second-order valence-electron chi connectivity index (χ2n) is 9.18. The number of carboxylic acids is 1. The SMILES string of the molecule is CCCC[C@H](N)C(=O)O.O=C(C(=O)C(=O)c1c(C(F)(F)F)cccc1C(F)(F)F)C(=O)C(=O)c1c(C(F)(F)F)cccc1C(F)(F)F. The molecule has 0 radical (unpaired) electrons. The van der Waals surface area contributed by atoms with Crippen molar-refractivity contribution in [1.82, 2.24) is 0 Å². The van der Waals surface area contributed by atoms with Crippen LogP contribution in [0.4, 0.5) is 52.7 Å². The number of Topliss-reactive ketones (excluding diaryl/α,β-unsaturated/α-hetero) is 5. The first-order chi connectivity index (χ1) is 21.2. The largest absolute Gasteiger partial charge is 0.480 e. The van der Waals surface area contributed by atoms with Crippen LogP contribution in [0.5, 0.6) is 0 Å². The fraction of sp³-hybridized carbons (Fsp3) is 0.333. The molecule has 0 aliphatic carbocycles. The standard InChI is InChI=1S/C21H6F12O5.C6H13NO2/c22-18(23,24)7-3-1-4-8(19(25,26)27)11(7)13(34)15(36)17(38)16(37)14(35)12-9(20(28,29)30)5-2-6-10(12)21(31,32)33;1-2-3-4-5(7)6(8)9/h1-6H;5H,2-4,7H2,1H3,(H,8,9)/t;5-/m.0/s1. The molecule has 3 N–H and O–H groups in total. The van der Waals surface area contributed by atoms with Crippen molar-refractivity contribution in [3.05, 3.63) is 69.8 Å². The molecule has 0 bridgehead atoms. The summed E-state index contributed by atoms with van der Waals surface area (Å²) in [6.07, 6.45) is -20.6. The molecule has 0 fully saturated rings. The number of benzene rings is 2. The first-order valence-corrected chi connectivity index (χ1v) is 12.4. The maximum Gasteiger partial charge on any atom is 0.417 e. The monoisotopic (exact) mass is 697 g/mol. The summed E-state index contributed by atoms with van der Waals surface area (Å²) in [5.74, 6) is -16.0. The zero-order valence-electron chi connectivity index (χ0n) is 23.2. The van der Waals surface area contributed by atoms with Gasteiger partial charge in [0.2, 0.25) is 11.6 Å². The summed E-state index contributed by atoms with van der Waals surface area (Å²) in [7, 11) is 0. The molecule has 258 valence electrons. The molecule has 0 aliphatic heterocycles. The van der Waals surface area contributed by atoms with Gasteiger partial charge in [-0.05, 0) is 30.7 Å². The summed E-state index contributed by atoms with van der Waals surface area (Å²) in [5, 5.41) is 8.28. The minimum absolute atomic E-state index is 0.123. The Kier molecular flexibility index (Phi) is 12.8. The summed E-state index contributed by atoms with van der Waals surface area (Å²) in [6.45, 7) is 2.01. The van der Waals surface area contributed by atoms with E-state index in [4.69, 9.17) is 10.8 Å². The van der Waals surface area contributed by atoms with Crippen LogP contribution in [0.3, 0.4) is 0 Å². The molecule has 0 aliphatic rings. The number of hydrogen-bond donors (Lipinski definition) is 2. The summed E-state index contributed by atoms with van der Waals surface area (Å²) in [4.78, 5) is 70.8. The number of unbranched alkanes of at least 4 members (excludes halogenated alkanes) is 1. The second kappa shape index (κ2) is 14.9. The topological polar surface area (TPSA) is 149 Å². The van der Waals surface area contributed by atoms with Gasteiger partial charge in [0.05, 0.1) is 33.4 Å². The first kappa shape index (κ1) is 40.4. The summed E-state index contributed by atoms with van der Waals surface area (Å²) >= 11 is 0. The van der Waals surface area contributed by atoms with Crippen LogP contribution in [-0.2, 0) is 43.9 Å². The molecule has 0 spiro atoms. The number of aliphatic carboxylic acids is 1. The third kappa shape index (κ3) is 10.2. The quantitative estimate of drug-likeness (QED) is 0.131. The first-order valence-electron chi connectivity index (χ1n) is 12.4. The highest BCUT2D eigenvalue weighted by Gasteiger charge is 2.48. The number of halogens is 12. The molecule has 47 heavy (non-hydrogen) atoms. The van der Waals surface area contributed by atoms with Crippen molar-refractivity contribution in [3.63, 3.8) is 0 Å². The van der Waals surface area contributed by atoms with E-state index in [9.17, 15) is 81.5 Å². The Labute approximate surface area is 254 Å². The lowest BCUT2D eigenvalue weighted by atomic mass is 9.89. The molecule has 0 unspecified atom stereocenters. The van der Waals surface area contributed by atoms with Gasteiger partial charge in [0.25, 0.3) is 17.3 Å². The fourth-order valence-corrected chi connectivity index (χ4v) is 3.62. The Balaban J connectivity index is 0.00000107. The van der Waals surface area contributed by atoms with Crippen molar-refractivity contribution in [2.75, 3.05) is 0 Å². The molecule has 2 aromatic rings. The Morgan fingerprint density at radius 1 is 0.596 bits per heavy atom. The number of carboxylic acid groups (broad SMARTS) is 1. The number of hydrogen-bond acceptors (Lipinski definition) is 7. The van der Waals surface area contributed by atoms with Gasteiger partial charge in [-0.1, -0.05) is 31.9 Å². The van der Waals surface area contributed by atoms with E-state index in [1.165, 1.54) is 0 Å². The number of carbonyl (C=O) groups is 6. The van der Waals surface area contributed by atoms with Gasteiger partial charge in [0, 0.05) is 0 Å². The van der Waals surface area contributed by atoms with E-state index in [0.717, 1.165) is 12.8 Å². The molecule has 0 saturated heterocycles. The van der Waals surface area contributed by atoms with Gasteiger partial charge in [-0.3, -0.25) is 28.8 Å². The zero-order valence-corrected chi connectivity index (χ0v) is 23.2. The summed E-state index contributed by atoms with van der Waals surface area (Å²) < 4.78 is 159. The molecule has 20 heteroatoms. The number of rotatable bonds is 10. The van der Waals surface area contributed by atoms with E-state index in [2.05, 4.69) is 0 Å². The highest BCUT2D eigenvalue weighted by molar-refractivity contribution is 6.88. The predicted molar refractivity (Wildman–Crippen MR) is 132 cm³/mol. The molecule has 2 rings (SSSR count). The smallest absolute Gasteiger partial charge is 0.417 e. The lowest BCUT2D eigenvalue weighted by Crippen LogP contribution is -2.37. The fourth-order valence-electron chi connectivity index (χ4n) is 3.62. The Morgan fingerprint density at radius 2 is 0.872 bits per heavy atom. The van der Waals surface area contributed by atoms with Gasteiger partial charge in [-0.15, -0.1) is 0 Å². The second-order valence-corrected chi connectivity index (χ2v) is 9.18. The minimum atomic E-state index is -5.76. The molecule has 0 aromatic heterocycles. The molecule has 0 amide bonds. The summed E-state index contributed by atoms with van der Waals surface area (Å²) in [5.41, 5.74) is -9.44. The van der Waals surface area contributed by atoms with Crippen LogP contribution in [0.1, 0.15) is 69.2 Å². The number of ketones is 5. The van der Waals surface area contributed by atoms with E-state index >= 15 is 0 Å². The minimum Gasteiger partial charge on any atom is -0.480 e. The van der Waals surface area contributed by atoms with Crippen LogP contribution in [0.15, 0.2) is 36.4 Å². The lowest BCUT2D eigenvalue weighted by Gasteiger charge is -2.17. The van der Waals surface area contributed by atoms with Crippen molar-refractivity contribution < 1.29 is 86.6 Å². The molecular formula is C27H19F12NO7. The van der Waals surface area contributed by atoms with Gasteiger partial charge in [-0.25, -0.2) is 0 Å². The van der Waals surface area contributed by atoms with Gasteiger partial charge < -0.3 is 10.8 Å². The number of alkyl halides is 12. The van der Waals surface area contributed by atoms with Crippen LogP contribution in [0, 0.1) is 0 Å². The predicted octanol–water partition coefficient (Wildman–Crippen LogP) is 6.12.